The molecule has 2 fully saturated rings. The topological polar surface area (TPSA) is 23.5 Å². The summed E-state index contributed by atoms with van der Waals surface area (Å²) in [7, 11) is 0. The maximum atomic E-state index is 12.0. The van der Waals surface area contributed by atoms with Gasteiger partial charge >= 0.3 is 6.18 Å². The van der Waals surface area contributed by atoms with Gasteiger partial charge in [-0.3, -0.25) is 4.90 Å². The zero-order valence-corrected chi connectivity index (χ0v) is 7.09. The Morgan fingerprint density at radius 3 is 2.54 bits per heavy atom. The van der Waals surface area contributed by atoms with Crippen molar-refractivity contribution < 1.29 is 18.3 Å². The van der Waals surface area contributed by atoms with Gasteiger partial charge in [0.2, 0.25) is 0 Å². The average Bonchev–Trinajstić information content (AvgIpc) is 2.68. The maximum absolute atomic E-state index is 12.0. The molecule has 2 rings (SSSR count). The van der Waals surface area contributed by atoms with Gasteiger partial charge in [-0.05, 0) is 25.3 Å². The van der Waals surface area contributed by atoms with Gasteiger partial charge in [0, 0.05) is 12.6 Å². The minimum Gasteiger partial charge on any atom is -0.382 e. The standard InChI is InChI=1S/C8H12F3NO/c9-8(10,11)7(13)4-12-2-1-5-3-6(5)12/h5-7,13H,1-4H2. The van der Waals surface area contributed by atoms with E-state index < -0.39 is 12.3 Å². The third-order valence-corrected chi connectivity index (χ3v) is 2.93. The van der Waals surface area contributed by atoms with Crippen molar-refractivity contribution in [2.24, 2.45) is 5.92 Å². The number of hydrogen-bond acceptors (Lipinski definition) is 2. The number of halogens is 3. The van der Waals surface area contributed by atoms with Crippen LogP contribution in [-0.2, 0) is 0 Å². The van der Waals surface area contributed by atoms with Gasteiger partial charge in [0.1, 0.15) is 0 Å². The molecular formula is C8H12F3NO. The summed E-state index contributed by atoms with van der Waals surface area (Å²) in [5.74, 6) is 0.612. The largest absolute Gasteiger partial charge is 0.415 e. The van der Waals surface area contributed by atoms with Crippen molar-refractivity contribution in [1.29, 1.82) is 0 Å². The van der Waals surface area contributed by atoms with Gasteiger partial charge in [-0.2, -0.15) is 13.2 Å². The lowest BCUT2D eigenvalue weighted by Crippen LogP contribution is -2.41. The fourth-order valence-electron chi connectivity index (χ4n) is 2.04. The van der Waals surface area contributed by atoms with Crippen LogP contribution in [0.2, 0.25) is 0 Å². The molecule has 1 aliphatic carbocycles. The summed E-state index contributed by atoms with van der Waals surface area (Å²) in [5.41, 5.74) is 0. The second-order valence-electron chi connectivity index (χ2n) is 3.90. The summed E-state index contributed by atoms with van der Waals surface area (Å²) in [5, 5.41) is 8.82. The minimum absolute atomic E-state index is 0.245. The predicted molar refractivity (Wildman–Crippen MR) is 40.1 cm³/mol. The quantitative estimate of drug-likeness (QED) is 0.710. The van der Waals surface area contributed by atoms with Crippen molar-refractivity contribution in [2.45, 2.75) is 31.2 Å². The van der Waals surface area contributed by atoms with Crippen molar-refractivity contribution in [2.75, 3.05) is 13.1 Å². The maximum Gasteiger partial charge on any atom is 0.415 e. The highest BCUT2D eigenvalue weighted by atomic mass is 19.4. The monoisotopic (exact) mass is 195 g/mol. The Labute approximate surface area is 74.3 Å². The van der Waals surface area contributed by atoms with Crippen LogP contribution in [0.25, 0.3) is 0 Å². The molecule has 3 unspecified atom stereocenters. The Bertz CT molecular complexity index is 206. The molecule has 76 valence electrons. The number of likely N-dealkylation sites (tertiary alicyclic amines) is 1. The number of alkyl halides is 3. The summed E-state index contributed by atoms with van der Waals surface area (Å²) >= 11 is 0. The highest BCUT2D eigenvalue weighted by molar-refractivity contribution is 5.01. The number of nitrogens with zero attached hydrogens (tertiary/aromatic N) is 1. The normalized spacial score (nSPS) is 36.0. The molecule has 1 aliphatic heterocycles. The average molecular weight is 195 g/mol. The van der Waals surface area contributed by atoms with E-state index in [1.54, 1.807) is 4.90 Å². The van der Waals surface area contributed by atoms with E-state index in [2.05, 4.69) is 0 Å². The van der Waals surface area contributed by atoms with E-state index in [4.69, 9.17) is 5.11 Å². The van der Waals surface area contributed by atoms with Crippen LogP contribution < -0.4 is 0 Å². The molecule has 0 aromatic rings. The van der Waals surface area contributed by atoms with Crippen LogP contribution >= 0.6 is 0 Å². The molecule has 3 atom stereocenters. The first-order valence-corrected chi connectivity index (χ1v) is 4.47. The van der Waals surface area contributed by atoms with Gasteiger partial charge in [0.05, 0.1) is 0 Å². The van der Waals surface area contributed by atoms with Crippen LogP contribution in [0.3, 0.4) is 0 Å². The molecule has 2 nitrogen and oxygen atoms in total. The highest BCUT2D eigenvalue weighted by Gasteiger charge is 2.49. The number of aliphatic hydroxyl groups is 1. The zero-order valence-electron chi connectivity index (χ0n) is 7.09. The Hall–Kier alpha value is -0.290. The molecule has 13 heavy (non-hydrogen) atoms. The van der Waals surface area contributed by atoms with E-state index in [0.717, 1.165) is 12.8 Å². The molecular weight excluding hydrogens is 183 g/mol. The molecule has 1 heterocycles. The van der Waals surface area contributed by atoms with E-state index in [-0.39, 0.29) is 6.54 Å². The smallest absolute Gasteiger partial charge is 0.382 e. The molecule has 0 amide bonds. The molecule has 0 aromatic carbocycles. The number of β-amino-alcohol motifs (C(OH)–C–C–N with tert-alkyl or cyclic N) is 1. The third kappa shape index (κ3) is 1.81. The molecule has 2 aliphatic rings. The molecule has 5 heteroatoms. The van der Waals surface area contributed by atoms with Crippen molar-refractivity contribution in [3.63, 3.8) is 0 Å². The zero-order chi connectivity index (χ0) is 9.64. The second kappa shape index (κ2) is 2.85. The van der Waals surface area contributed by atoms with E-state index in [9.17, 15) is 13.2 Å². The van der Waals surface area contributed by atoms with Crippen LogP contribution in [0.5, 0.6) is 0 Å². The first-order chi connectivity index (χ1) is 5.98. The van der Waals surface area contributed by atoms with Gasteiger partial charge in [0.15, 0.2) is 6.10 Å². The van der Waals surface area contributed by atoms with Gasteiger partial charge in [0.25, 0.3) is 0 Å². The summed E-state index contributed by atoms with van der Waals surface area (Å²) < 4.78 is 35.9. The minimum atomic E-state index is -4.47. The lowest BCUT2D eigenvalue weighted by Gasteiger charge is -2.22. The van der Waals surface area contributed by atoms with E-state index >= 15 is 0 Å². The van der Waals surface area contributed by atoms with Crippen LogP contribution in [-0.4, -0.2) is 41.4 Å². The fraction of sp³-hybridized carbons (Fsp3) is 1.00. The van der Waals surface area contributed by atoms with Gasteiger partial charge in [-0.1, -0.05) is 0 Å². The molecule has 1 N–H and O–H groups in total. The summed E-state index contributed by atoms with van der Waals surface area (Å²) in [6.45, 7) is 0.465. The van der Waals surface area contributed by atoms with Crippen molar-refractivity contribution >= 4 is 0 Å². The SMILES string of the molecule is OC(CN1CCC2CC21)C(F)(F)F. The first-order valence-electron chi connectivity index (χ1n) is 4.47. The first kappa shape index (κ1) is 9.27. The van der Waals surface area contributed by atoms with E-state index in [0.29, 0.717) is 18.5 Å². The van der Waals surface area contributed by atoms with Crippen molar-refractivity contribution in [1.82, 2.24) is 4.90 Å². The molecule has 0 aromatic heterocycles. The Morgan fingerprint density at radius 1 is 1.46 bits per heavy atom. The van der Waals surface area contributed by atoms with Crippen LogP contribution in [0.15, 0.2) is 0 Å². The van der Waals surface area contributed by atoms with Gasteiger partial charge in [-0.15, -0.1) is 0 Å². The van der Waals surface area contributed by atoms with E-state index in [1.807, 2.05) is 0 Å². The van der Waals surface area contributed by atoms with Crippen LogP contribution in [0.1, 0.15) is 12.8 Å². The lowest BCUT2D eigenvalue weighted by atomic mass is 10.3. The summed E-state index contributed by atoms with van der Waals surface area (Å²) in [6, 6.07) is 0.331. The number of rotatable bonds is 2. The highest BCUT2D eigenvalue weighted by Crippen LogP contribution is 2.44. The van der Waals surface area contributed by atoms with Gasteiger partial charge < -0.3 is 5.11 Å². The summed E-state index contributed by atoms with van der Waals surface area (Å²) in [4.78, 5) is 1.75. The molecule has 0 spiro atoms. The Balaban J connectivity index is 1.84. The van der Waals surface area contributed by atoms with Crippen molar-refractivity contribution in [3.8, 4) is 0 Å². The number of piperidine rings is 1. The Morgan fingerprint density at radius 2 is 2.15 bits per heavy atom. The number of aliphatic hydroxyl groups excluding tert-OH is 1. The van der Waals surface area contributed by atoms with Gasteiger partial charge in [-0.25, -0.2) is 0 Å². The lowest BCUT2D eigenvalue weighted by molar-refractivity contribution is -0.208. The van der Waals surface area contributed by atoms with Crippen LogP contribution in [0, 0.1) is 5.92 Å². The van der Waals surface area contributed by atoms with E-state index in [1.165, 1.54) is 0 Å². The summed E-state index contributed by atoms with van der Waals surface area (Å²) in [6.07, 6.45) is -4.63. The molecule has 1 saturated heterocycles. The number of hydrogen-bond donors (Lipinski definition) is 1. The second-order valence-corrected chi connectivity index (χ2v) is 3.90. The molecule has 0 bridgehead atoms. The molecule has 1 saturated carbocycles. The van der Waals surface area contributed by atoms with Crippen LogP contribution in [0.4, 0.5) is 13.2 Å². The number of fused-ring (bicyclic) bond motifs is 1. The fourth-order valence-corrected chi connectivity index (χ4v) is 2.04. The third-order valence-electron chi connectivity index (χ3n) is 2.93. The predicted octanol–water partition coefficient (Wildman–Crippen LogP) is 1.00. The Kier molecular flexibility index (Phi) is 2.03. The van der Waals surface area contributed by atoms with Crippen molar-refractivity contribution in [3.05, 3.63) is 0 Å². The molecule has 0 radical (unpaired) electrons.